The van der Waals surface area contributed by atoms with Gasteiger partial charge in [-0.15, -0.1) is 0 Å². The molecule has 2 aromatic rings. The molecule has 0 aliphatic heterocycles. The van der Waals surface area contributed by atoms with Gasteiger partial charge in [0.15, 0.2) is 0 Å². The van der Waals surface area contributed by atoms with Gasteiger partial charge in [-0.1, -0.05) is 48.5 Å². The molecule has 0 radical (unpaired) electrons. The van der Waals surface area contributed by atoms with Crippen molar-refractivity contribution in [3.8, 4) is 0 Å². The Morgan fingerprint density at radius 2 is 1.76 bits per heavy atom. The molecule has 0 bridgehead atoms. The van der Waals surface area contributed by atoms with Crippen LogP contribution in [0.25, 0.3) is 0 Å². The Labute approximate surface area is 124 Å². The third kappa shape index (κ3) is 4.07. The van der Waals surface area contributed by atoms with Crippen LogP contribution in [0.3, 0.4) is 0 Å². The normalized spacial score (nSPS) is 10.2. The van der Waals surface area contributed by atoms with Crippen molar-refractivity contribution in [3.05, 3.63) is 65.7 Å². The number of ether oxygens (including phenoxy) is 1. The molecule has 0 unspecified atom stereocenters. The monoisotopic (exact) mass is 285 g/mol. The zero-order valence-electron chi connectivity index (χ0n) is 12.0. The van der Waals surface area contributed by atoms with Crippen molar-refractivity contribution >= 4 is 11.8 Å². The fraction of sp³-hybridized carbons (Fsp3) is 0.235. The third-order valence-electron chi connectivity index (χ3n) is 3.21. The van der Waals surface area contributed by atoms with E-state index in [0.717, 1.165) is 16.8 Å². The Balaban J connectivity index is 2.02. The van der Waals surface area contributed by atoms with E-state index >= 15 is 0 Å². The van der Waals surface area contributed by atoms with E-state index in [4.69, 9.17) is 9.84 Å². The zero-order valence-corrected chi connectivity index (χ0v) is 12.0. The lowest BCUT2D eigenvalue weighted by Crippen LogP contribution is -2.28. The largest absolute Gasteiger partial charge is 0.444 e. The van der Waals surface area contributed by atoms with Crippen LogP contribution in [0.4, 0.5) is 10.5 Å². The average molecular weight is 285 g/mol. The van der Waals surface area contributed by atoms with Gasteiger partial charge in [-0.3, -0.25) is 4.90 Å². The number of carbonyl (C=O) groups excluding carboxylic acids is 1. The molecule has 1 N–H and O–H groups in total. The van der Waals surface area contributed by atoms with Gasteiger partial charge in [0.1, 0.15) is 6.61 Å². The number of para-hydroxylation sites is 1. The summed E-state index contributed by atoms with van der Waals surface area (Å²) in [5.41, 5.74) is 2.62. The summed E-state index contributed by atoms with van der Waals surface area (Å²) in [4.78, 5) is 13.6. The number of anilines is 1. The maximum Gasteiger partial charge on any atom is 0.414 e. The van der Waals surface area contributed by atoms with Gasteiger partial charge < -0.3 is 9.84 Å². The lowest BCUT2D eigenvalue weighted by molar-refractivity contribution is 0.148. The second-order valence-corrected chi connectivity index (χ2v) is 4.70. The molecular formula is C17H19NO3. The van der Waals surface area contributed by atoms with Crippen LogP contribution in [-0.2, 0) is 17.8 Å². The van der Waals surface area contributed by atoms with Crippen LogP contribution < -0.4 is 4.90 Å². The van der Waals surface area contributed by atoms with Gasteiger partial charge in [0.05, 0.1) is 0 Å². The molecule has 4 heteroatoms. The second kappa shape index (κ2) is 7.45. The van der Waals surface area contributed by atoms with E-state index in [2.05, 4.69) is 0 Å². The molecule has 0 saturated carbocycles. The summed E-state index contributed by atoms with van der Waals surface area (Å²) in [5.74, 6) is 0. The fourth-order valence-corrected chi connectivity index (χ4v) is 2.08. The quantitative estimate of drug-likeness (QED) is 0.918. The Morgan fingerprint density at radius 3 is 2.48 bits per heavy atom. The number of amides is 1. The summed E-state index contributed by atoms with van der Waals surface area (Å²) < 4.78 is 5.30. The number of aliphatic hydroxyl groups excluding tert-OH is 1. The molecule has 0 fully saturated rings. The number of aliphatic hydroxyl groups is 1. The number of hydrogen-bond acceptors (Lipinski definition) is 3. The van der Waals surface area contributed by atoms with Crippen LogP contribution >= 0.6 is 0 Å². The molecule has 0 spiro atoms. The summed E-state index contributed by atoms with van der Waals surface area (Å²) in [5, 5.41) is 9.08. The van der Waals surface area contributed by atoms with Crippen LogP contribution in [0.5, 0.6) is 0 Å². The van der Waals surface area contributed by atoms with E-state index in [0.29, 0.717) is 6.42 Å². The molecule has 2 rings (SSSR count). The van der Waals surface area contributed by atoms with Crippen molar-refractivity contribution < 1.29 is 14.6 Å². The minimum atomic E-state index is -0.413. The number of nitrogens with zero attached hydrogens (tertiary/aromatic N) is 1. The molecule has 21 heavy (non-hydrogen) atoms. The first kappa shape index (κ1) is 15.1. The molecule has 0 atom stereocenters. The summed E-state index contributed by atoms with van der Waals surface area (Å²) in [6.07, 6.45) is 0.0937. The van der Waals surface area contributed by atoms with Gasteiger partial charge >= 0.3 is 6.09 Å². The van der Waals surface area contributed by atoms with Gasteiger partial charge in [-0.25, -0.2) is 4.79 Å². The first-order chi connectivity index (χ1) is 10.2. The van der Waals surface area contributed by atoms with Crippen molar-refractivity contribution in [1.29, 1.82) is 0 Å². The zero-order chi connectivity index (χ0) is 15.1. The number of carbonyl (C=O) groups is 1. The Bertz CT molecular complexity index is 584. The lowest BCUT2D eigenvalue weighted by Gasteiger charge is -2.20. The van der Waals surface area contributed by atoms with Crippen LogP contribution in [0.1, 0.15) is 11.1 Å². The second-order valence-electron chi connectivity index (χ2n) is 4.70. The van der Waals surface area contributed by atoms with E-state index in [1.54, 1.807) is 7.05 Å². The van der Waals surface area contributed by atoms with E-state index < -0.39 is 6.09 Å². The summed E-state index contributed by atoms with van der Waals surface area (Å²) in [6.45, 7) is 0.288. The molecular weight excluding hydrogens is 266 g/mol. The van der Waals surface area contributed by atoms with Crippen molar-refractivity contribution in [1.82, 2.24) is 0 Å². The van der Waals surface area contributed by atoms with Gasteiger partial charge in [0.2, 0.25) is 0 Å². The van der Waals surface area contributed by atoms with Crippen LogP contribution in [0.15, 0.2) is 54.6 Å². The SMILES string of the molecule is CN(C(=O)OCc1ccccc1)c1ccccc1CCO. The molecule has 0 heterocycles. The third-order valence-corrected chi connectivity index (χ3v) is 3.21. The van der Waals surface area contributed by atoms with Gasteiger partial charge in [-0.2, -0.15) is 0 Å². The summed E-state index contributed by atoms with van der Waals surface area (Å²) >= 11 is 0. The maximum absolute atomic E-state index is 12.1. The highest BCUT2D eigenvalue weighted by Gasteiger charge is 2.15. The average Bonchev–Trinajstić information content (AvgIpc) is 2.54. The molecule has 4 nitrogen and oxygen atoms in total. The van der Waals surface area contributed by atoms with E-state index in [9.17, 15) is 4.79 Å². The van der Waals surface area contributed by atoms with Crippen molar-refractivity contribution in [2.24, 2.45) is 0 Å². The van der Waals surface area contributed by atoms with Crippen LogP contribution in [0.2, 0.25) is 0 Å². The highest BCUT2D eigenvalue weighted by Crippen LogP contribution is 2.20. The van der Waals surface area contributed by atoms with Crippen molar-refractivity contribution in [2.75, 3.05) is 18.6 Å². The predicted octanol–water partition coefficient (Wildman–Crippen LogP) is 2.99. The van der Waals surface area contributed by atoms with Crippen molar-refractivity contribution in [3.63, 3.8) is 0 Å². The highest BCUT2D eigenvalue weighted by molar-refractivity contribution is 5.88. The van der Waals surface area contributed by atoms with E-state index in [1.807, 2.05) is 54.6 Å². The summed E-state index contributed by atoms with van der Waals surface area (Å²) in [7, 11) is 1.67. The topological polar surface area (TPSA) is 49.8 Å². The Hall–Kier alpha value is -2.33. The summed E-state index contributed by atoms with van der Waals surface area (Å²) in [6, 6.07) is 17.0. The highest BCUT2D eigenvalue weighted by atomic mass is 16.6. The number of benzene rings is 2. The van der Waals surface area contributed by atoms with Crippen molar-refractivity contribution in [2.45, 2.75) is 13.0 Å². The van der Waals surface area contributed by atoms with Crippen LogP contribution in [0, 0.1) is 0 Å². The first-order valence-corrected chi connectivity index (χ1v) is 6.85. The molecule has 0 aromatic heterocycles. The van der Waals surface area contributed by atoms with Crippen LogP contribution in [-0.4, -0.2) is 24.9 Å². The van der Waals surface area contributed by atoms with Gasteiger partial charge in [0, 0.05) is 19.3 Å². The smallest absolute Gasteiger partial charge is 0.414 e. The molecule has 0 aliphatic carbocycles. The Morgan fingerprint density at radius 1 is 1.10 bits per heavy atom. The maximum atomic E-state index is 12.1. The number of rotatable bonds is 5. The fourth-order valence-electron chi connectivity index (χ4n) is 2.08. The van der Waals surface area contributed by atoms with E-state index in [-0.39, 0.29) is 13.2 Å². The first-order valence-electron chi connectivity index (χ1n) is 6.85. The van der Waals surface area contributed by atoms with E-state index in [1.165, 1.54) is 4.90 Å². The molecule has 110 valence electrons. The Kier molecular flexibility index (Phi) is 5.35. The molecule has 0 saturated heterocycles. The minimum absolute atomic E-state index is 0.0456. The van der Waals surface area contributed by atoms with Gasteiger partial charge in [-0.05, 0) is 23.6 Å². The lowest BCUT2D eigenvalue weighted by atomic mass is 10.1. The van der Waals surface area contributed by atoms with Gasteiger partial charge in [0.25, 0.3) is 0 Å². The minimum Gasteiger partial charge on any atom is -0.444 e. The number of hydrogen-bond donors (Lipinski definition) is 1. The molecule has 2 aromatic carbocycles. The predicted molar refractivity (Wildman–Crippen MR) is 82.3 cm³/mol. The molecule has 0 aliphatic rings. The standard InChI is InChI=1S/C17H19NO3/c1-18(16-10-6-5-9-15(16)11-12-19)17(20)21-13-14-7-3-2-4-8-14/h2-10,19H,11-13H2,1H3. The molecule has 1 amide bonds.